The van der Waals surface area contributed by atoms with Gasteiger partial charge in [0.1, 0.15) is 5.69 Å². The molecule has 12 heavy (non-hydrogen) atoms. The number of thioether (sulfide) groups is 1. The molecule has 0 N–H and O–H groups in total. The van der Waals surface area contributed by atoms with E-state index < -0.39 is 0 Å². The van der Waals surface area contributed by atoms with Crippen molar-refractivity contribution in [2.45, 2.75) is 24.0 Å². The summed E-state index contributed by atoms with van der Waals surface area (Å²) in [6.07, 6.45) is 0. The maximum atomic E-state index is 10.2. The van der Waals surface area contributed by atoms with Crippen LogP contribution in [0.3, 0.4) is 0 Å². The Morgan fingerprint density at radius 1 is 1.42 bits per heavy atom. The standard InChI is InChI=1S/C9H11NOS/c1-7(2)12-9-5-3-4-8(6-9)10-11/h3-7H,1-2H3. The summed E-state index contributed by atoms with van der Waals surface area (Å²) in [5.41, 5.74) is 0.501. The summed E-state index contributed by atoms with van der Waals surface area (Å²) >= 11 is 1.73. The summed E-state index contributed by atoms with van der Waals surface area (Å²) in [4.78, 5) is 11.3. The third-order valence-electron chi connectivity index (χ3n) is 1.29. The topological polar surface area (TPSA) is 29.4 Å². The first-order valence-corrected chi connectivity index (χ1v) is 4.70. The van der Waals surface area contributed by atoms with E-state index in [2.05, 4.69) is 19.0 Å². The molecule has 0 spiro atoms. The summed E-state index contributed by atoms with van der Waals surface area (Å²) < 4.78 is 0. The van der Waals surface area contributed by atoms with E-state index in [0.717, 1.165) is 4.90 Å². The van der Waals surface area contributed by atoms with Crippen molar-refractivity contribution in [1.29, 1.82) is 0 Å². The van der Waals surface area contributed by atoms with E-state index in [9.17, 15) is 4.91 Å². The molecule has 0 heterocycles. The van der Waals surface area contributed by atoms with Gasteiger partial charge >= 0.3 is 0 Å². The second kappa shape index (κ2) is 4.26. The van der Waals surface area contributed by atoms with Gasteiger partial charge in [0.15, 0.2) is 0 Å². The molecule has 0 saturated heterocycles. The molecule has 1 aromatic carbocycles. The van der Waals surface area contributed by atoms with Gasteiger partial charge in [-0.25, -0.2) is 0 Å². The minimum Gasteiger partial charge on any atom is -0.145 e. The van der Waals surface area contributed by atoms with Gasteiger partial charge in [0, 0.05) is 10.1 Å². The number of nitrogens with zero attached hydrogens (tertiary/aromatic N) is 1. The van der Waals surface area contributed by atoms with Gasteiger partial charge < -0.3 is 0 Å². The first-order valence-electron chi connectivity index (χ1n) is 3.82. The Labute approximate surface area is 76.3 Å². The summed E-state index contributed by atoms with van der Waals surface area (Å²) in [7, 11) is 0. The lowest BCUT2D eigenvalue weighted by Crippen LogP contribution is -1.84. The van der Waals surface area contributed by atoms with Crippen LogP contribution in [0.25, 0.3) is 0 Å². The highest BCUT2D eigenvalue weighted by molar-refractivity contribution is 7.99. The lowest BCUT2D eigenvalue weighted by atomic mass is 10.3. The Morgan fingerprint density at radius 2 is 2.17 bits per heavy atom. The molecular formula is C9H11NOS. The van der Waals surface area contributed by atoms with Crippen LogP contribution in [-0.4, -0.2) is 5.25 Å². The molecule has 0 saturated carbocycles. The summed E-state index contributed by atoms with van der Waals surface area (Å²) in [5.74, 6) is 0. The molecule has 0 aliphatic carbocycles. The zero-order chi connectivity index (χ0) is 8.97. The van der Waals surface area contributed by atoms with Crippen LogP contribution in [0.2, 0.25) is 0 Å². The Balaban J connectivity index is 2.79. The van der Waals surface area contributed by atoms with Crippen LogP contribution in [0.15, 0.2) is 34.3 Å². The van der Waals surface area contributed by atoms with Crippen molar-refractivity contribution in [3.63, 3.8) is 0 Å². The SMILES string of the molecule is CC(C)Sc1cccc(N=O)c1. The number of hydrogen-bond acceptors (Lipinski definition) is 3. The van der Waals surface area contributed by atoms with Crippen LogP contribution in [-0.2, 0) is 0 Å². The maximum Gasteiger partial charge on any atom is 0.109 e. The van der Waals surface area contributed by atoms with Gasteiger partial charge in [0.25, 0.3) is 0 Å². The lowest BCUT2D eigenvalue weighted by Gasteiger charge is -2.03. The van der Waals surface area contributed by atoms with Crippen LogP contribution >= 0.6 is 11.8 Å². The van der Waals surface area contributed by atoms with Gasteiger partial charge in [0.2, 0.25) is 0 Å². The fourth-order valence-corrected chi connectivity index (χ4v) is 1.78. The van der Waals surface area contributed by atoms with Crippen molar-refractivity contribution in [3.05, 3.63) is 29.2 Å². The Kier molecular flexibility index (Phi) is 3.29. The largest absolute Gasteiger partial charge is 0.145 e. The molecule has 0 amide bonds. The highest BCUT2D eigenvalue weighted by Crippen LogP contribution is 2.26. The molecule has 0 atom stereocenters. The number of hydrogen-bond donors (Lipinski definition) is 0. The van der Waals surface area contributed by atoms with E-state index in [-0.39, 0.29) is 0 Å². The van der Waals surface area contributed by atoms with Gasteiger partial charge in [-0.05, 0) is 23.4 Å². The first kappa shape index (κ1) is 9.26. The zero-order valence-electron chi connectivity index (χ0n) is 7.15. The Hall–Kier alpha value is -0.830. The van der Waals surface area contributed by atoms with E-state index in [1.54, 1.807) is 23.9 Å². The monoisotopic (exact) mass is 181 g/mol. The van der Waals surface area contributed by atoms with E-state index in [1.807, 2.05) is 12.1 Å². The first-order chi connectivity index (χ1) is 5.72. The fraction of sp³-hybridized carbons (Fsp3) is 0.333. The number of nitroso groups, excluding NO2 is 1. The molecule has 1 rings (SSSR count). The van der Waals surface area contributed by atoms with Crippen molar-refractivity contribution in [1.82, 2.24) is 0 Å². The van der Waals surface area contributed by atoms with Gasteiger partial charge in [-0.1, -0.05) is 19.9 Å². The van der Waals surface area contributed by atoms with Crippen molar-refractivity contribution < 1.29 is 0 Å². The quantitative estimate of drug-likeness (QED) is 0.527. The van der Waals surface area contributed by atoms with E-state index in [1.165, 1.54) is 0 Å². The van der Waals surface area contributed by atoms with Gasteiger partial charge in [0.05, 0.1) is 0 Å². The smallest absolute Gasteiger partial charge is 0.109 e. The minimum absolute atomic E-state index is 0.501. The van der Waals surface area contributed by atoms with Crippen molar-refractivity contribution in [2.24, 2.45) is 5.18 Å². The highest BCUT2D eigenvalue weighted by atomic mass is 32.2. The summed E-state index contributed by atoms with van der Waals surface area (Å²) in [6.45, 7) is 4.23. The van der Waals surface area contributed by atoms with Crippen molar-refractivity contribution in [2.75, 3.05) is 0 Å². The third-order valence-corrected chi connectivity index (χ3v) is 2.29. The van der Waals surface area contributed by atoms with E-state index in [4.69, 9.17) is 0 Å². The summed E-state index contributed by atoms with van der Waals surface area (Å²) in [5, 5.41) is 3.41. The molecule has 0 fully saturated rings. The molecule has 64 valence electrons. The minimum atomic E-state index is 0.501. The van der Waals surface area contributed by atoms with Crippen molar-refractivity contribution in [3.8, 4) is 0 Å². The molecule has 0 aliphatic rings. The van der Waals surface area contributed by atoms with Crippen LogP contribution in [0, 0.1) is 4.91 Å². The van der Waals surface area contributed by atoms with Crippen LogP contribution in [0.1, 0.15) is 13.8 Å². The molecule has 0 unspecified atom stereocenters. The normalized spacial score (nSPS) is 10.2. The molecule has 0 aromatic heterocycles. The number of rotatable bonds is 3. The van der Waals surface area contributed by atoms with E-state index in [0.29, 0.717) is 10.9 Å². The van der Waals surface area contributed by atoms with Gasteiger partial charge in [-0.3, -0.25) is 0 Å². The second-order valence-electron chi connectivity index (χ2n) is 2.76. The molecule has 0 bridgehead atoms. The molecular weight excluding hydrogens is 170 g/mol. The van der Waals surface area contributed by atoms with E-state index >= 15 is 0 Å². The molecule has 3 heteroatoms. The highest BCUT2D eigenvalue weighted by Gasteiger charge is 1.98. The number of benzene rings is 1. The van der Waals surface area contributed by atoms with Crippen LogP contribution in [0.5, 0.6) is 0 Å². The molecule has 0 radical (unpaired) electrons. The van der Waals surface area contributed by atoms with Crippen molar-refractivity contribution >= 4 is 17.4 Å². The molecule has 2 nitrogen and oxygen atoms in total. The van der Waals surface area contributed by atoms with Crippen LogP contribution < -0.4 is 0 Å². The predicted molar refractivity (Wildman–Crippen MR) is 52.9 cm³/mol. The molecule has 1 aromatic rings. The third kappa shape index (κ3) is 2.66. The average molecular weight is 181 g/mol. The predicted octanol–water partition coefficient (Wildman–Crippen LogP) is 3.59. The Morgan fingerprint density at radius 3 is 2.75 bits per heavy atom. The Bertz CT molecular complexity index is 273. The molecule has 0 aliphatic heterocycles. The average Bonchev–Trinajstić information content (AvgIpc) is 2.03. The second-order valence-corrected chi connectivity index (χ2v) is 4.41. The van der Waals surface area contributed by atoms with Gasteiger partial charge in [-0.15, -0.1) is 16.7 Å². The van der Waals surface area contributed by atoms with Crippen LogP contribution in [0.4, 0.5) is 5.69 Å². The van der Waals surface area contributed by atoms with Gasteiger partial charge in [-0.2, -0.15) is 0 Å². The maximum absolute atomic E-state index is 10.2. The zero-order valence-corrected chi connectivity index (χ0v) is 7.97. The lowest BCUT2D eigenvalue weighted by molar-refractivity contribution is 1.11. The summed E-state index contributed by atoms with van der Waals surface area (Å²) in [6, 6.07) is 7.34. The fourth-order valence-electron chi connectivity index (χ4n) is 0.886.